The third-order valence-electron chi connectivity index (χ3n) is 2.16. The molecule has 0 aliphatic carbocycles. The fourth-order valence-corrected chi connectivity index (χ4v) is 1.38. The Balaban J connectivity index is 2.52. The van der Waals surface area contributed by atoms with Gasteiger partial charge >= 0.3 is 0 Å². The second kappa shape index (κ2) is 3.57. The highest BCUT2D eigenvalue weighted by Crippen LogP contribution is 2.20. The molecule has 4 heteroatoms. The molecule has 76 valence electrons. The lowest BCUT2D eigenvalue weighted by molar-refractivity contribution is 0.101. The summed E-state index contributed by atoms with van der Waals surface area (Å²) < 4.78 is 1.77. The van der Waals surface area contributed by atoms with Gasteiger partial charge in [-0.3, -0.25) is 4.79 Å². The monoisotopic (exact) mass is 202 g/mol. The summed E-state index contributed by atoms with van der Waals surface area (Å²) in [6, 6.07) is 4.87. The number of hydrogen-bond donors (Lipinski definition) is 1. The first-order chi connectivity index (χ1) is 7.18. The van der Waals surface area contributed by atoms with Gasteiger partial charge in [0.2, 0.25) is 0 Å². The predicted molar refractivity (Wildman–Crippen MR) is 55.2 cm³/mol. The molecule has 4 nitrogen and oxygen atoms in total. The number of hydrogen-bond acceptors (Lipinski definition) is 3. The second-order valence-corrected chi connectivity index (χ2v) is 3.23. The van der Waals surface area contributed by atoms with Gasteiger partial charge in [0, 0.05) is 18.1 Å². The van der Waals surface area contributed by atoms with E-state index >= 15 is 0 Å². The summed E-state index contributed by atoms with van der Waals surface area (Å²) in [5.41, 5.74) is 1.12. The predicted octanol–water partition coefficient (Wildman–Crippen LogP) is 1.78. The number of carbonyl (C=O) groups is 1. The van der Waals surface area contributed by atoms with Crippen molar-refractivity contribution in [2.24, 2.45) is 0 Å². The van der Waals surface area contributed by atoms with Crippen molar-refractivity contribution < 1.29 is 9.90 Å². The van der Waals surface area contributed by atoms with Crippen LogP contribution in [-0.4, -0.2) is 20.4 Å². The maximum atomic E-state index is 11.2. The lowest BCUT2D eigenvalue weighted by atomic mass is 10.1. The standard InChI is InChI=1S/C11H10N2O2/c1-8(14)10-6-9(2-3-11(10)15)13-5-4-12-7-13/h2-7,15H,1H3. The minimum absolute atomic E-state index is 0.00589. The molecular weight excluding hydrogens is 192 g/mol. The van der Waals surface area contributed by atoms with Gasteiger partial charge in [0.15, 0.2) is 5.78 Å². The molecule has 0 radical (unpaired) electrons. The summed E-state index contributed by atoms with van der Waals surface area (Å²) in [6.45, 7) is 1.42. The Bertz CT molecular complexity index is 489. The fourth-order valence-electron chi connectivity index (χ4n) is 1.38. The number of imidazole rings is 1. The number of rotatable bonds is 2. The highest BCUT2D eigenvalue weighted by Gasteiger charge is 2.07. The highest BCUT2D eigenvalue weighted by molar-refractivity contribution is 5.97. The molecular formula is C11H10N2O2. The lowest BCUT2D eigenvalue weighted by Gasteiger charge is -2.05. The van der Waals surface area contributed by atoms with E-state index < -0.39 is 0 Å². The molecule has 0 spiro atoms. The van der Waals surface area contributed by atoms with Crippen LogP contribution in [0.15, 0.2) is 36.9 Å². The maximum absolute atomic E-state index is 11.2. The Hall–Kier alpha value is -2.10. The molecule has 1 aromatic heterocycles. The Morgan fingerprint density at radius 1 is 1.47 bits per heavy atom. The first kappa shape index (κ1) is 9.45. The summed E-state index contributed by atoms with van der Waals surface area (Å²) in [4.78, 5) is 15.1. The third-order valence-corrected chi connectivity index (χ3v) is 2.16. The molecule has 0 unspecified atom stereocenters. The smallest absolute Gasteiger partial charge is 0.163 e. The quantitative estimate of drug-likeness (QED) is 0.755. The average Bonchev–Trinajstić information content (AvgIpc) is 2.71. The third kappa shape index (κ3) is 1.74. The van der Waals surface area contributed by atoms with E-state index in [4.69, 9.17) is 0 Å². The molecule has 2 aromatic rings. The summed E-state index contributed by atoms with van der Waals surface area (Å²) in [5.74, 6) is -0.152. The van der Waals surface area contributed by atoms with Crippen molar-refractivity contribution in [3.05, 3.63) is 42.5 Å². The van der Waals surface area contributed by atoms with E-state index in [1.54, 1.807) is 35.4 Å². The van der Waals surface area contributed by atoms with Crippen molar-refractivity contribution in [2.75, 3.05) is 0 Å². The topological polar surface area (TPSA) is 55.1 Å². The number of aromatic nitrogens is 2. The van der Waals surface area contributed by atoms with Crippen LogP contribution in [0.1, 0.15) is 17.3 Å². The maximum Gasteiger partial charge on any atom is 0.163 e. The van der Waals surface area contributed by atoms with Gasteiger partial charge in [0.05, 0.1) is 11.9 Å². The van der Waals surface area contributed by atoms with Crippen molar-refractivity contribution in [3.63, 3.8) is 0 Å². The Morgan fingerprint density at radius 2 is 2.27 bits per heavy atom. The van der Waals surface area contributed by atoms with Gasteiger partial charge in [-0.1, -0.05) is 0 Å². The molecule has 0 aliphatic heterocycles. The van der Waals surface area contributed by atoms with Crippen molar-refractivity contribution >= 4 is 5.78 Å². The molecule has 0 saturated carbocycles. The average molecular weight is 202 g/mol. The van der Waals surface area contributed by atoms with E-state index in [9.17, 15) is 9.90 Å². The number of phenolic OH excluding ortho intramolecular Hbond substituents is 1. The number of benzene rings is 1. The van der Waals surface area contributed by atoms with Crippen LogP contribution in [0.3, 0.4) is 0 Å². The number of aromatic hydroxyl groups is 1. The summed E-state index contributed by atoms with van der Waals surface area (Å²) in [5, 5.41) is 9.46. The van der Waals surface area contributed by atoms with Crippen molar-refractivity contribution in [2.45, 2.75) is 6.92 Å². The first-order valence-electron chi connectivity index (χ1n) is 4.51. The molecule has 0 atom stereocenters. The van der Waals surface area contributed by atoms with Crippen LogP contribution in [0.25, 0.3) is 5.69 Å². The van der Waals surface area contributed by atoms with E-state index in [-0.39, 0.29) is 11.5 Å². The highest BCUT2D eigenvalue weighted by atomic mass is 16.3. The van der Waals surface area contributed by atoms with Crippen molar-refractivity contribution in [1.29, 1.82) is 0 Å². The second-order valence-electron chi connectivity index (χ2n) is 3.23. The molecule has 1 N–H and O–H groups in total. The zero-order valence-electron chi connectivity index (χ0n) is 8.21. The molecule has 15 heavy (non-hydrogen) atoms. The Kier molecular flexibility index (Phi) is 2.25. The summed E-state index contributed by atoms with van der Waals surface area (Å²) in [6.07, 6.45) is 5.06. The lowest BCUT2D eigenvalue weighted by Crippen LogP contribution is -1.96. The molecule has 0 fully saturated rings. The normalized spacial score (nSPS) is 10.2. The first-order valence-corrected chi connectivity index (χ1v) is 4.51. The molecule has 2 rings (SSSR count). The van der Waals surface area contributed by atoms with Crippen LogP contribution >= 0.6 is 0 Å². The van der Waals surface area contributed by atoms with E-state index in [2.05, 4.69) is 4.98 Å². The van der Waals surface area contributed by atoms with Gasteiger partial charge < -0.3 is 9.67 Å². The van der Waals surface area contributed by atoms with Crippen LogP contribution in [0, 0.1) is 0 Å². The van der Waals surface area contributed by atoms with Crippen LogP contribution < -0.4 is 0 Å². The molecule has 1 heterocycles. The number of carbonyl (C=O) groups excluding carboxylic acids is 1. The van der Waals surface area contributed by atoms with E-state index in [1.807, 2.05) is 0 Å². The molecule has 0 aliphatic rings. The fraction of sp³-hybridized carbons (Fsp3) is 0.0909. The van der Waals surface area contributed by atoms with Gasteiger partial charge in [-0.05, 0) is 25.1 Å². The number of phenols is 1. The van der Waals surface area contributed by atoms with Crippen molar-refractivity contribution in [1.82, 2.24) is 9.55 Å². The van der Waals surface area contributed by atoms with E-state index in [0.717, 1.165) is 5.69 Å². The Morgan fingerprint density at radius 3 is 2.87 bits per heavy atom. The van der Waals surface area contributed by atoms with Crippen molar-refractivity contribution in [3.8, 4) is 11.4 Å². The number of ketones is 1. The number of nitrogens with zero attached hydrogens (tertiary/aromatic N) is 2. The van der Waals surface area contributed by atoms with Crippen LogP contribution in [-0.2, 0) is 0 Å². The van der Waals surface area contributed by atoms with Gasteiger partial charge in [0.25, 0.3) is 0 Å². The molecule has 0 saturated heterocycles. The summed E-state index contributed by atoms with van der Waals surface area (Å²) in [7, 11) is 0. The minimum Gasteiger partial charge on any atom is -0.507 e. The van der Waals surface area contributed by atoms with Crippen LogP contribution in [0.4, 0.5) is 0 Å². The zero-order valence-corrected chi connectivity index (χ0v) is 8.21. The number of Topliss-reactive ketones (excluding diaryl/α,β-unsaturated/α-hetero) is 1. The largest absolute Gasteiger partial charge is 0.507 e. The van der Waals surface area contributed by atoms with Gasteiger partial charge in [-0.15, -0.1) is 0 Å². The van der Waals surface area contributed by atoms with Gasteiger partial charge in [0.1, 0.15) is 5.75 Å². The minimum atomic E-state index is -0.158. The van der Waals surface area contributed by atoms with Crippen LogP contribution in [0.2, 0.25) is 0 Å². The van der Waals surface area contributed by atoms with Crippen LogP contribution in [0.5, 0.6) is 5.75 Å². The summed E-state index contributed by atoms with van der Waals surface area (Å²) >= 11 is 0. The molecule has 1 aromatic carbocycles. The van der Waals surface area contributed by atoms with E-state index in [0.29, 0.717) is 5.56 Å². The van der Waals surface area contributed by atoms with E-state index in [1.165, 1.54) is 13.0 Å². The van der Waals surface area contributed by atoms with Gasteiger partial charge in [-0.25, -0.2) is 4.98 Å². The zero-order chi connectivity index (χ0) is 10.8. The molecule has 0 bridgehead atoms. The SMILES string of the molecule is CC(=O)c1cc(-n2ccnc2)ccc1O. The van der Waals surface area contributed by atoms with Gasteiger partial charge in [-0.2, -0.15) is 0 Å². The molecule has 0 amide bonds. The Labute approximate surface area is 86.8 Å².